The normalized spacial score (nSPS) is 24.1. The zero-order chi connectivity index (χ0) is 12.8. The van der Waals surface area contributed by atoms with E-state index in [-0.39, 0.29) is 17.2 Å². The van der Waals surface area contributed by atoms with Crippen LogP contribution in [0.25, 0.3) is 0 Å². The molecule has 0 aliphatic carbocycles. The minimum Gasteiger partial charge on any atom is -0.383 e. The van der Waals surface area contributed by atoms with E-state index in [4.69, 9.17) is 5.73 Å². The van der Waals surface area contributed by atoms with Crippen molar-refractivity contribution in [3.8, 4) is 0 Å². The standard InChI is InChI=1S/C10H9F3N2OS/c1-17(16)5-6-4-7(10(11,12)13)2-3-8(6)9(14)15-17/h2-4H,1,5H2,(H2,14,15,16). The van der Waals surface area contributed by atoms with E-state index in [9.17, 15) is 17.4 Å². The number of hydrogen-bond acceptors (Lipinski definition) is 2. The quantitative estimate of drug-likeness (QED) is 0.721. The van der Waals surface area contributed by atoms with Gasteiger partial charge in [0.15, 0.2) is 0 Å². The van der Waals surface area contributed by atoms with Gasteiger partial charge in [-0.2, -0.15) is 17.6 Å². The molecule has 1 unspecified atom stereocenters. The van der Waals surface area contributed by atoms with Crippen LogP contribution >= 0.6 is 0 Å². The van der Waals surface area contributed by atoms with Gasteiger partial charge in [0, 0.05) is 5.56 Å². The van der Waals surface area contributed by atoms with Gasteiger partial charge in [-0.3, -0.25) is 0 Å². The van der Waals surface area contributed by atoms with Crippen LogP contribution in [0, 0.1) is 0 Å². The van der Waals surface area contributed by atoms with Gasteiger partial charge in [0.05, 0.1) is 21.0 Å². The molecule has 0 spiro atoms. The largest absolute Gasteiger partial charge is 0.416 e. The van der Waals surface area contributed by atoms with Crippen LogP contribution in [0.5, 0.6) is 0 Å². The van der Waals surface area contributed by atoms with Crippen molar-refractivity contribution in [1.29, 1.82) is 0 Å². The van der Waals surface area contributed by atoms with E-state index in [0.29, 0.717) is 5.56 Å². The molecule has 0 bridgehead atoms. The lowest BCUT2D eigenvalue weighted by atomic mass is 10.0. The second-order valence-electron chi connectivity index (χ2n) is 3.76. The van der Waals surface area contributed by atoms with Gasteiger partial charge >= 0.3 is 6.18 Å². The summed E-state index contributed by atoms with van der Waals surface area (Å²) in [4.78, 5) is 0. The van der Waals surface area contributed by atoms with Gasteiger partial charge in [-0.15, -0.1) is 0 Å². The van der Waals surface area contributed by atoms with E-state index in [1.165, 1.54) is 6.07 Å². The van der Waals surface area contributed by atoms with Crippen molar-refractivity contribution in [1.82, 2.24) is 0 Å². The van der Waals surface area contributed by atoms with E-state index >= 15 is 0 Å². The molecule has 17 heavy (non-hydrogen) atoms. The van der Waals surface area contributed by atoms with Crippen LogP contribution in [0.2, 0.25) is 0 Å². The number of rotatable bonds is 0. The molecule has 0 saturated carbocycles. The Bertz CT molecular complexity index is 602. The molecule has 2 rings (SSSR count). The fraction of sp³-hybridized carbons (Fsp3) is 0.200. The fourth-order valence-corrected chi connectivity index (χ4v) is 2.89. The van der Waals surface area contributed by atoms with E-state index in [2.05, 4.69) is 10.3 Å². The van der Waals surface area contributed by atoms with Gasteiger partial charge < -0.3 is 5.73 Å². The molecule has 2 N–H and O–H groups in total. The monoisotopic (exact) mass is 262 g/mol. The highest BCUT2D eigenvalue weighted by molar-refractivity contribution is 7.98. The Labute approximate surface area is 96.3 Å². The first-order valence-corrected chi connectivity index (χ1v) is 6.45. The highest BCUT2D eigenvalue weighted by Crippen LogP contribution is 2.32. The summed E-state index contributed by atoms with van der Waals surface area (Å²) in [5, 5.41) is 0. The van der Waals surface area contributed by atoms with E-state index in [1.54, 1.807) is 0 Å². The average molecular weight is 262 g/mol. The Morgan fingerprint density at radius 1 is 1.41 bits per heavy atom. The molecule has 1 aromatic rings. The number of fused-ring (bicyclic) bond motifs is 1. The fourth-order valence-electron chi connectivity index (χ4n) is 1.64. The van der Waals surface area contributed by atoms with Crippen LogP contribution in [0.3, 0.4) is 0 Å². The third-order valence-corrected chi connectivity index (χ3v) is 3.65. The molecular formula is C10H9F3N2OS. The number of nitrogens with zero attached hydrogens (tertiary/aromatic N) is 1. The summed E-state index contributed by atoms with van der Waals surface area (Å²) in [6.45, 7) is 0. The summed E-state index contributed by atoms with van der Waals surface area (Å²) in [6.07, 6.45) is -4.43. The molecule has 0 amide bonds. The van der Waals surface area contributed by atoms with Crippen LogP contribution < -0.4 is 5.73 Å². The first-order chi connectivity index (χ1) is 7.69. The molecule has 1 aliphatic heterocycles. The molecular weight excluding hydrogens is 253 g/mol. The van der Waals surface area contributed by atoms with Crippen LogP contribution in [0.1, 0.15) is 16.7 Å². The van der Waals surface area contributed by atoms with Gasteiger partial charge in [-0.25, -0.2) is 4.21 Å². The van der Waals surface area contributed by atoms with Gasteiger partial charge in [-0.1, -0.05) is 6.07 Å². The minimum atomic E-state index is -4.43. The van der Waals surface area contributed by atoms with Crippen molar-refractivity contribution in [3.63, 3.8) is 0 Å². The second-order valence-corrected chi connectivity index (χ2v) is 5.78. The number of halogens is 3. The summed E-state index contributed by atoms with van der Waals surface area (Å²) in [7, 11) is -2.81. The van der Waals surface area contributed by atoms with Gasteiger partial charge in [0.2, 0.25) is 0 Å². The lowest BCUT2D eigenvalue weighted by Crippen LogP contribution is -2.24. The third-order valence-electron chi connectivity index (χ3n) is 2.35. The molecule has 0 saturated heterocycles. The van der Waals surface area contributed by atoms with Gasteiger partial charge in [0.1, 0.15) is 5.84 Å². The molecule has 1 aliphatic rings. The zero-order valence-electron chi connectivity index (χ0n) is 8.62. The molecule has 92 valence electrons. The number of hydrogen-bond donors (Lipinski definition) is 1. The predicted octanol–water partition coefficient (Wildman–Crippen LogP) is 1.56. The number of benzene rings is 1. The average Bonchev–Trinajstić information content (AvgIpc) is 2.13. The highest BCUT2D eigenvalue weighted by Gasteiger charge is 2.32. The Morgan fingerprint density at radius 3 is 2.65 bits per heavy atom. The highest BCUT2D eigenvalue weighted by atomic mass is 32.2. The van der Waals surface area contributed by atoms with Gasteiger partial charge in [-0.05, 0) is 23.6 Å². The molecule has 7 heteroatoms. The first-order valence-electron chi connectivity index (χ1n) is 4.60. The SMILES string of the molecule is C=S1(=O)Cc2cc(C(F)(F)F)ccc2C(N)=N1. The topological polar surface area (TPSA) is 55.5 Å². The molecule has 1 aromatic carbocycles. The third kappa shape index (κ3) is 2.28. The zero-order valence-corrected chi connectivity index (χ0v) is 9.44. The van der Waals surface area contributed by atoms with E-state index < -0.39 is 21.4 Å². The van der Waals surface area contributed by atoms with Crippen molar-refractivity contribution in [2.75, 3.05) is 0 Å². The Hall–Kier alpha value is -1.50. The summed E-state index contributed by atoms with van der Waals surface area (Å²) in [6, 6.07) is 3.12. The van der Waals surface area contributed by atoms with Crippen LogP contribution in [-0.4, -0.2) is 15.9 Å². The van der Waals surface area contributed by atoms with E-state index in [0.717, 1.165) is 12.1 Å². The molecule has 3 nitrogen and oxygen atoms in total. The van der Waals surface area contributed by atoms with E-state index in [1.807, 2.05) is 0 Å². The van der Waals surface area contributed by atoms with Crippen LogP contribution in [0.4, 0.5) is 13.2 Å². The molecule has 0 fully saturated rings. The Kier molecular flexibility index (Phi) is 2.46. The van der Waals surface area contributed by atoms with Crippen LogP contribution in [-0.2, 0) is 21.6 Å². The summed E-state index contributed by atoms with van der Waals surface area (Å²) < 4.78 is 52.9. The Balaban J connectivity index is 2.60. The van der Waals surface area contributed by atoms with Crippen molar-refractivity contribution in [2.24, 2.45) is 10.1 Å². The summed E-state index contributed by atoms with van der Waals surface area (Å²) in [5.74, 6) is 3.20. The minimum absolute atomic E-state index is 0.0278. The van der Waals surface area contributed by atoms with Crippen molar-refractivity contribution < 1.29 is 17.4 Å². The van der Waals surface area contributed by atoms with Gasteiger partial charge in [0.25, 0.3) is 0 Å². The van der Waals surface area contributed by atoms with Crippen molar-refractivity contribution >= 4 is 21.4 Å². The molecule has 1 heterocycles. The summed E-state index contributed by atoms with van der Waals surface area (Å²) in [5.41, 5.74) is 5.40. The lowest BCUT2D eigenvalue weighted by Gasteiger charge is -2.18. The molecule has 1 atom stereocenters. The maximum atomic E-state index is 12.5. The van der Waals surface area contributed by atoms with Crippen LogP contribution in [0.15, 0.2) is 22.6 Å². The predicted molar refractivity (Wildman–Crippen MR) is 61.1 cm³/mol. The molecule has 0 radical (unpaired) electrons. The Morgan fingerprint density at radius 2 is 2.06 bits per heavy atom. The first kappa shape index (κ1) is 12.0. The number of amidine groups is 1. The number of nitrogens with two attached hydrogens (primary N) is 1. The van der Waals surface area contributed by atoms with Crippen molar-refractivity contribution in [2.45, 2.75) is 11.9 Å². The summed E-state index contributed by atoms with van der Waals surface area (Å²) >= 11 is 0. The second kappa shape index (κ2) is 3.49. The molecule has 0 aromatic heterocycles. The maximum Gasteiger partial charge on any atom is 0.416 e. The lowest BCUT2D eigenvalue weighted by molar-refractivity contribution is -0.137. The number of alkyl halides is 3. The maximum absolute atomic E-state index is 12.5. The van der Waals surface area contributed by atoms with Crippen molar-refractivity contribution in [3.05, 3.63) is 34.9 Å². The smallest absolute Gasteiger partial charge is 0.383 e.